The predicted molar refractivity (Wildman–Crippen MR) is 65.9 cm³/mol. The number of aromatic nitrogens is 1. The first-order valence-electron chi connectivity index (χ1n) is 4.99. The summed E-state index contributed by atoms with van der Waals surface area (Å²) in [4.78, 5) is 15.6. The highest BCUT2D eigenvalue weighted by molar-refractivity contribution is 8.13. The zero-order chi connectivity index (χ0) is 11.4. The lowest BCUT2D eigenvalue weighted by Gasteiger charge is -2.05. The fourth-order valence-electron chi connectivity index (χ4n) is 1.40. The molecule has 82 valence electrons. The van der Waals surface area contributed by atoms with Crippen LogP contribution in [0.25, 0.3) is 10.9 Å². The summed E-state index contributed by atoms with van der Waals surface area (Å²) in [6.45, 7) is 1.91. The largest absolute Gasteiger partial charge is 0.416 e. The van der Waals surface area contributed by atoms with Gasteiger partial charge in [-0.1, -0.05) is 25.1 Å². The van der Waals surface area contributed by atoms with Crippen LogP contribution in [0.3, 0.4) is 0 Å². The van der Waals surface area contributed by atoms with Gasteiger partial charge in [0.1, 0.15) is 5.52 Å². The summed E-state index contributed by atoms with van der Waals surface area (Å²) in [5.74, 6) is 1.22. The topological polar surface area (TPSA) is 39.2 Å². The van der Waals surface area contributed by atoms with Crippen LogP contribution in [0.5, 0.6) is 5.75 Å². The van der Waals surface area contributed by atoms with E-state index in [1.807, 2.05) is 31.2 Å². The summed E-state index contributed by atoms with van der Waals surface area (Å²) in [6, 6.07) is 9.33. The third kappa shape index (κ3) is 2.33. The molecule has 1 heterocycles. The maximum atomic E-state index is 11.4. The fraction of sp³-hybridized carbons (Fsp3) is 0.167. The van der Waals surface area contributed by atoms with E-state index in [9.17, 15) is 4.79 Å². The SMILES string of the molecule is CCSC(=O)Oc1cccc2cccnc12. The monoisotopic (exact) mass is 233 g/mol. The number of rotatable bonds is 2. The van der Waals surface area contributed by atoms with E-state index in [-0.39, 0.29) is 5.30 Å². The van der Waals surface area contributed by atoms with Gasteiger partial charge >= 0.3 is 5.30 Å². The van der Waals surface area contributed by atoms with Gasteiger partial charge in [0, 0.05) is 17.3 Å². The van der Waals surface area contributed by atoms with E-state index in [1.54, 1.807) is 12.3 Å². The maximum absolute atomic E-state index is 11.4. The van der Waals surface area contributed by atoms with Crippen LogP contribution in [0.1, 0.15) is 6.92 Å². The van der Waals surface area contributed by atoms with Gasteiger partial charge in [0.25, 0.3) is 0 Å². The van der Waals surface area contributed by atoms with Crippen molar-refractivity contribution in [2.75, 3.05) is 5.75 Å². The number of hydrogen-bond donors (Lipinski definition) is 0. The average molecular weight is 233 g/mol. The predicted octanol–water partition coefficient (Wildman–Crippen LogP) is 3.49. The maximum Gasteiger partial charge on any atom is 0.372 e. The number of para-hydroxylation sites is 1. The zero-order valence-corrected chi connectivity index (χ0v) is 9.66. The Kier molecular flexibility index (Phi) is 3.41. The highest BCUT2D eigenvalue weighted by Crippen LogP contribution is 2.24. The second-order valence-corrected chi connectivity index (χ2v) is 4.32. The molecule has 0 N–H and O–H groups in total. The Balaban J connectivity index is 2.33. The molecule has 4 heteroatoms. The van der Waals surface area contributed by atoms with E-state index in [0.29, 0.717) is 11.5 Å². The van der Waals surface area contributed by atoms with Gasteiger partial charge in [-0.3, -0.25) is 4.98 Å². The minimum absolute atomic E-state index is 0.291. The van der Waals surface area contributed by atoms with Crippen LogP contribution < -0.4 is 4.74 Å². The second-order valence-electron chi connectivity index (χ2n) is 3.12. The number of pyridine rings is 1. The van der Waals surface area contributed by atoms with E-state index in [2.05, 4.69) is 4.98 Å². The van der Waals surface area contributed by atoms with E-state index in [0.717, 1.165) is 22.7 Å². The molecule has 0 saturated heterocycles. The molecular weight excluding hydrogens is 222 g/mol. The molecule has 0 atom stereocenters. The number of carbonyl (C=O) groups is 1. The molecule has 0 aliphatic carbocycles. The van der Waals surface area contributed by atoms with Crippen LogP contribution in [-0.2, 0) is 0 Å². The molecule has 0 spiro atoms. The van der Waals surface area contributed by atoms with Gasteiger partial charge in [0.05, 0.1) is 0 Å². The molecular formula is C12H11NO2S. The lowest BCUT2D eigenvalue weighted by atomic mass is 10.2. The van der Waals surface area contributed by atoms with E-state index in [4.69, 9.17) is 4.74 Å². The molecule has 2 rings (SSSR count). The van der Waals surface area contributed by atoms with Crippen LogP contribution in [0, 0.1) is 0 Å². The molecule has 0 fully saturated rings. The summed E-state index contributed by atoms with van der Waals surface area (Å²) < 4.78 is 5.23. The Hall–Kier alpha value is -1.55. The fourth-order valence-corrected chi connectivity index (χ4v) is 1.78. The number of fused-ring (bicyclic) bond motifs is 1. The van der Waals surface area contributed by atoms with Gasteiger partial charge in [-0.05, 0) is 23.9 Å². The van der Waals surface area contributed by atoms with Crippen molar-refractivity contribution in [3.05, 3.63) is 36.5 Å². The van der Waals surface area contributed by atoms with E-state index in [1.165, 1.54) is 0 Å². The first-order chi connectivity index (χ1) is 7.81. The molecule has 3 nitrogen and oxygen atoms in total. The molecule has 0 aliphatic heterocycles. The standard InChI is InChI=1S/C12H11NO2S/c1-2-16-12(14)15-10-7-3-5-9-6-4-8-13-11(9)10/h3-8H,2H2,1H3. The van der Waals surface area contributed by atoms with Crippen molar-refractivity contribution in [3.63, 3.8) is 0 Å². The van der Waals surface area contributed by atoms with Crippen molar-refractivity contribution in [1.82, 2.24) is 4.98 Å². The molecule has 0 saturated carbocycles. The number of carbonyl (C=O) groups excluding carboxylic acids is 1. The summed E-state index contributed by atoms with van der Waals surface area (Å²) in [5, 5.41) is 0.676. The molecule has 2 aromatic rings. The Morgan fingerprint density at radius 3 is 3.00 bits per heavy atom. The lowest BCUT2D eigenvalue weighted by molar-refractivity contribution is 0.227. The molecule has 0 radical (unpaired) electrons. The van der Waals surface area contributed by atoms with Gasteiger partial charge in [-0.2, -0.15) is 0 Å². The van der Waals surface area contributed by atoms with Gasteiger partial charge < -0.3 is 4.74 Å². The summed E-state index contributed by atoms with van der Waals surface area (Å²) in [7, 11) is 0. The molecule has 0 amide bonds. The van der Waals surface area contributed by atoms with Crippen molar-refractivity contribution in [1.29, 1.82) is 0 Å². The summed E-state index contributed by atoms with van der Waals surface area (Å²) >= 11 is 1.15. The van der Waals surface area contributed by atoms with Gasteiger partial charge in [-0.15, -0.1) is 0 Å². The number of ether oxygens (including phenoxy) is 1. The molecule has 1 aromatic heterocycles. The van der Waals surface area contributed by atoms with Gasteiger partial charge in [0.2, 0.25) is 0 Å². The first kappa shape index (κ1) is 11.0. The van der Waals surface area contributed by atoms with Crippen LogP contribution in [0.15, 0.2) is 36.5 Å². The Labute approximate surface area is 97.8 Å². The van der Waals surface area contributed by atoms with E-state index < -0.39 is 0 Å². The zero-order valence-electron chi connectivity index (χ0n) is 8.84. The van der Waals surface area contributed by atoms with Crippen LogP contribution in [0.4, 0.5) is 4.79 Å². The second kappa shape index (κ2) is 4.99. The van der Waals surface area contributed by atoms with Gasteiger partial charge in [-0.25, -0.2) is 4.79 Å². The lowest BCUT2D eigenvalue weighted by Crippen LogP contribution is -2.01. The molecule has 1 aromatic carbocycles. The van der Waals surface area contributed by atoms with Crippen LogP contribution >= 0.6 is 11.8 Å². The Morgan fingerprint density at radius 1 is 1.38 bits per heavy atom. The molecule has 16 heavy (non-hydrogen) atoms. The highest BCUT2D eigenvalue weighted by atomic mass is 32.2. The first-order valence-corrected chi connectivity index (χ1v) is 5.98. The molecule has 0 aliphatic rings. The van der Waals surface area contributed by atoms with Crippen molar-refractivity contribution in [3.8, 4) is 5.75 Å². The van der Waals surface area contributed by atoms with Crippen molar-refractivity contribution >= 4 is 28.0 Å². The smallest absolute Gasteiger partial charge is 0.372 e. The van der Waals surface area contributed by atoms with Gasteiger partial charge in [0.15, 0.2) is 5.75 Å². The van der Waals surface area contributed by atoms with Crippen LogP contribution in [0.2, 0.25) is 0 Å². The van der Waals surface area contributed by atoms with E-state index >= 15 is 0 Å². The number of thioether (sulfide) groups is 1. The normalized spacial score (nSPS) is 10.3. The molecule has 0 unspecified atom stereocenters. The number of nitrogens with zero attached hydrogens (tertiary/aromatic N) is 1. The number of hydrogen-bond acceptors (Lipinski definition) is 4. The third-order valence-electron chi connectivity index (χ3n) is 2.05. The quantitative estimate of drug-likeness (QED) is 0.744. The van der Waals surface area contributed by atoms with Crippen molar-refractivity contribution in [2.24, 2.45) is 0 Å². The number of benzene rings is 1. The minimum atomic E-state index is -0.291. The molecule has 0 bridgehead atoms. The summed E-state index contributed by atoms with van der Waals surface area (Å²) in [5.41, 5.74) is 0.718. The van der Waals surface area contributed by atoms with Crippen LogP contribution in [-0.4, -0.2) is 16.0 Å². The average Bonchev–Trinajstić information content (AvgIpc) is 2.30. The van der Waals surface area contributed by atoms with Crippen molar-refractivity contribution in [2.45, 2.75) is 6.92 Å². The van der Waals surface area contributed by atoms with Crippen molar-refractivity contribution < 1.29 is 9.53 Å². The summed E-state index contributed by atoms with van der Waals surface area (Å²) in [6.07, 6.45) is 1.69. The Morgan fingerprint density at radius 2 is 2.19 bits per heavy atom. The highest BCUT2D eigenvalue weighted by Gasteiger charge is 2.07. The minimum Gasteiger partial charge on any atom is -0.416 e. The Bertz CT molecular complexity index is 508. The third-order valence-corrected chi connectivity index (χ3v) is 2.66.